The van der Waals surface area contributed by atoms with E-state index in [1.807, 2.05) is 18.2 Å². The van der Waals surface area contributed by atoms with Crippen LogP contribution < -0.4 is 5.73 Å². The minimum absolute atomic E-state index is 0.0219. The van der Waals surface area contributed by atoms with Crippen LogP contribution in [0.25, 0.3) is 0 Å². The number of Topliss-reactive ketones (excluding diaryl/α,β-unsaturated/α-hetero) is 1. The first-order chi connectivity index (χ1) is 20.8. The van der Waals surface area contributed by atoms with E-state index in [1.54, 1.807) is 24.0 Å². The van der Waals surface area contributed by atoms with Crippen molar-refractivity contribution in [3.8, 4) is 0 Å². The number of carbonyl (C=O) groups excluding carboxylic acids is 1. The predicted octanol–water partition coefficient (Wildman–Crippen LogP) is 5.47. The van der Waals surface area contributed by atoms with Gasteiger partial charge in [-0.15, -0.1) is 0 Å². The fourth-order valence-corrected chi connectivity index (χ4v) is 7.40. The number of alkyl halides is 3. The number of rotatable bonds is 7. The van der Waals surface area contributed by atoms with Gasteiger partial charge in [0.15, 0.2) is 11.6 Å². The number of hydrogen-bond acceptors (Lipinski definition) is 7. The molecule has 232 valence electrons. The predicted molar refractivity (Wildman–Crippen MR) is 156 cm³/mol. The van der Waals surface area contributed by atoms with Gasteiger partial charge in [0.25, 0.3) is 0 Å². The number of ketones is 1. The first-order valence-electron chi connectivity index (χ1n) is 13.9. The molecule has 1 fully saturated rings. The summed E-state index contributed by atoms with van der Waals surface area (Å²) in [5.74, 6) is -0.892. The second-order valence-electron chi connectivity index (χ2n) is 11.2. The van der Waals surface area contributed by atoms with Crippen molar-refractivity contribution in [1.29, 1.82) is 0 Å². The number of aromatic nitrogens is 4. The van der Waals surface area contributed by atoms with Crippen molar-refractivity contribution in [3.63, 3.8) is 0 Å². The molecule has 14 heteroatoms. The quantitative estimate of drug-likeness (QED) is 0.274. The van der Waals surface area contributed by atoms with Gasteiger partial charge in [0.05, 0.1) is 34.0 Å². The average Bonchev–Trinajstić information content (AvgIpc) is 3.43. The Morgan fingerprint density at radius 3 is 2.64 bits per heavy atom. The van der Waals surface area contributed by atoms with Gasteiger partial charge in [-0.3, -0.25) is 14.5 Å². The highest BCUT2D eigenvalue weighted by Gasteiger charge is 2.52. The molecular formula is C30H31F4N7O2S. The van der Waals surface area contributed by atoms with E-state index in [-0.39, 0.29) is 36.4 Å². The van der Waals surface area contributed by atoms with Gasteiger partial charge in [-0.2, -0.15) is 18.3 Å². The molecule has 9 nitrogen and oxygen atoms in total. The second kappa shape index (κ2) is 12.2. The van der Waals surface area contributed by atoms with Crippen molar-refractivity contribution in [2.75, 3.05) is 0 Å². The lowest BCUT2D eigenvalue weighted by molar-refractivity contribution is -0.137. The molecule has 3 aromatic heterocycles. The van der Waals surface area contributed by atoms with Crippen LogP contribution in [0.1, 0.15) is 55.6 Å². The Kier molecular flexibility index (Phi) is 8.67. The topological polar surface area (TPSA) is 119 Å². The van der Waals surface area contributed by atoms with E-state index in [9.17, 15) is 26.6 Å². The summed E-state index contributed by atoms with van der Waals surface area (Å²) in [5, 5.41) is 4.14. The number of allylic oxidation sites excluding steroid dienone is 3. The fourth-order valence-electron chi connectivity index (χ4n) is 5.94. The summed E-state index contributed by atoms with van der Waals surface area (Å²) in [4.78, 5) is 27.5. The van der Waals surface area contributed by atoms with Crippen molar-refractivity contribution in [2.24, 2.45) is 23.2 Å². The molecule has 0 spiro atoms. The van der Waals surface area contributed by atoms with Crippen LogP contribution in [0.4, 0.5) is 23.4 Å². The molecule has 0 amide bonds. The van der Waals surface area contributed by atoms with Crippen LogP contribution in [0.5, 0.6) is 0 Å². The number of hydrogen-bond donors (Lipinski definition) is 1. The number of aryl methyl sites for hydroxylation is 1. The lowest BCUT2D eigenvalue weighted by atomic mass is 9.59. The molecule has 3 heterocycles. The number of halogens is 4. The molecule has 0 bridgehead atoms. The maximum absolute atomic E-state index is 14.4. The third-order valence-corrected chi connectivity index (χ3v) is 9.64. The third-order valence-electron chi connectivity index (χ3n) is 7.92. The summed E-state index contributed by atoms with van der Waals surface area (Å²) in [6.07, 6.45) is 4.61. The Balaban J connectivity index is 1.62. The number of fused-ring (bicyclic) bond motifs is 1. The van der Waals surface area contributed by atoms with Crippen molar-refractivity contribution in [3.05, 3.63) is 89.5 Å². The van der Waals surface area contributed by atoms with Crippen LogP contribution in [0.2, 0.25) is 0 Å². The maximum atomic E-state index is 14.4. The fraction of sp³-hybridized carbons (Fsp3) is 0.367. The molecule has 5 rings (SSSR count). The van der Waals surface area contributed by atoms with E-state index >= 15 is 0 Å². The van der Waals surface area contributed by atoms with Gasteiger partial charge in [-0.25, -0.2) is 22.9 Å². The summed E-state index contributed by atoms with van der Waals surface area (Å²) in [6.45, 7) is 3.80. The Morgan fingerprint density at radius 2 is 2.02 bits per heavy atom. The highest BCUT2D eigenvalue weighted by molar-refractivity contribution is 7.82. The normalized spacial score (nSPS) is 23.2. The summed E-state index contributed by atoms with van der Waals surface area (Å²) in [7, 11) is 0.0947. The molecule has 2 aliphatic rings. The van der Waals surface area contributed by atoms with Gasteiger partial charge in [0.1, 0.15) is 22.5 Å². The molecule has 1 saturated carbocycles. The Hall–Kier alpha value is -4.04. The van der Waals surface area contributed by atoms with E-state index in [4.69, 9.17) is 5.73 Å². The SMILES string of the molecule is CC(C)N(C1CCC2=CC(=Nc3ccc(F)cn3)/C(=C\N)CC2(C(=O)c2cc(C(F)(F)F)ccn2)C1)S(=O)c1cnn(C)c1. The summed E-state index contributed by atoms with van der Waals surface area (Å²) in [5.41, 5.74) is 4.93. The lowest BCUT2D eigenvalue weighted by Gasteiger charge is -2.47. The molecule has 44 heavy (non-hydrogen) atoms. The summed E-state index contributed by atoms with van der Waals surface area (Å²) >= 11 is 0. The zero-order valence-corrected chi connectivity index (χ0v) is 25.1. The molecule has 3 atom stereocenters. The zero-order valence-electron chi connectivity index (χ0n) is 24.3. The van der Waals surface area contributed by atoms with Crippen LogP contribution in [-0.4, -0.2) is 51.8 Å². The monoisotopic (exact) mass is 629 g/mol. The van der Waals surface area contributed by atoms with Gasteiger partial charge in [-0.1, -0.05) is 5.57 Å². The molecule has 2 aliphatic carbocycles. The molecule has 3 aromatic rings. The van der Waals surface area contributed by atoms with Gasteiger partial charge in [0.2, 0.25) is 0 Å². The van der Waals surface area contributed by atoms with Crippen molar-refractivity contribution in [2.45, 2.75) is 62.7 Å². The van der Waals surface area contributed by atoms with E-state index in [0.717, 1.165) is 24.5 Å². The summed E-state index contributed by atoms with van der Waals surface area (Å²) in [6, 6.07) is 3.61. The average molecular weight is 630 g/mol. The zero-order chi connectivity index (χ0) is 31.8. The Bertz CT molecular complexity index is 1680. The van der Waals surface area contributed by atoms with Crippen molar-refractivity contribution in [1.82, 2.24) is 24.1 Å². The minimum Gasteiger partial charge on any atom is -0.404 e. The molecule has 0 saturated heterocycles. The van der Waals surface area contributed by atoms with Crippen LogP contribution in [0.15, 0.2) is 82.4 Å². The summed E-state index contributed by atoms with van der Waals surface area (Å²) < 4.78 is 71.6. The number of aliphatic imine (C=N–C) groups is 1. The molecule has 0 aromatic carbocycles. The molecular weight excluding hydrogens is 598 g/mol. The van der Waals surface area contributed by atoms with Gasteiger partial charge in [-0.05, 0) is 81.6 Å². The first kappa shape index (κ1) is 31.4. The molecule has 0 aliphatic heterocycles. The highest BCUT2D eigenvalue weighted by atomic mass is 32.2. The highest BCUT2D eigenvalue weighted by Crippen LogP contribution is 2.52. The van der Waals surface area contributed by atoms with E-state index in [1.165, 1.54) is 24.5 Å². The molecule has 3 unspecified atom stereocenters. The standard InChI is InChI=1S/C30H31F4N7O2S/c1-18(2)41(44(43)24-16-38-40(3)17-24)23-6-4-20-10-25(39-27-7-5-22(31)15-37-27)19(14-35)12-29(20,13-23)28(42)26-11-21(8-9-36-26)30(32,33)34/h5,7-11,14-18,23H,4,6,12-13,35H2,1-3H3/b19-14-,39-25?. The Labute approximate surface area is 254 Å². The minimum atomic E-state index is -4.67. The van der Waals surface area contributed by atoms with Crippen LogP contribution in [-0.2, 0) is 24.2 Å². The number of nitrogens with zero attached hydrogens (tertiary/aromatic N) is 6. The van der Waals surface area contributed by atoms with E-state index < -0.39 is 39.7 Å². The Morgan fingerprint density at radius 1 is 1.25 bits per heavy atom. The van der Waals surface area contributed by atoms with Gasteiger partial charge in [0, 0.05) is 31.5 Å². The maximum Gasteiger partial charge on any atom is 0.416 e. The van der Waals surface area contributed by atoms with E-state index in [0.29, 0.717) is 34.6 Å². The third kappa shape index (κ3) is 6.13. The number of carbonyl (C=O) groups is 1. The van der Waals surface area contributed by atoms with Crippen LogP contribution in [0, 0.1) is 11.2 Å². The van der Waals surface area contributed by atoms with Crippen molar-refractivity contribution >= 4 is 28.3 Å². The van der Waals surface area contributed by atoms with Crippen LogP contribution >= 0.6 is 0 Å². The van der Waals surface area contributed by atoms with E-state index in [2.05, 4.69) is 20.1 Å². The largest absolute Gasteiger partial charge is 0.416 e. The molecule has 0 radical (unpaired) electrons. The second-order valence-corrected chi connectivity index (χ2v) is 12.5. The lowest BCUT2D eigenvalue weighted by Crippen LogP contribution is -2.51. The molecule has 2 N–H and O–H groups in total. The number of pyridine rings is 2. The smallest absolute Gasteiger partial charge is 0.404 e. The van der Waals surface area contributed by atoms with Gasteiger partial charge < -0.3 is 5.73 Å². The van der Waals surface area contributed by atoms with Crippen LogP contribution in [0.3, 0.4) is 0 Å². The van der Waals surface area contributed by atoms with Crippen molar-refractivity contribution < 1.29 is 26.6 Å². The first-order valence-corrected chi connectivity index (χ1v) is 15.0. The van der Waals surface area contributed by atoms with Gasteiger partial charge >= 0.3 is 6.18 Å². The number of nitrogens with two attached hydrogens (primary N) is 1.